The molecule has 0 amide bonds. The van der Waals surface area contributed by atoms with E-state index in [1.807, 2.05) is 66.7 Å². The van der Waals surface area contributed by atoms with Crippen LogP contribution in [0.1, 0.15) is 42.0 Å². The van der Waals surface area contributed by atoms with Gasteiger partial charge in [0.15, 0.2) is 22.8 Å². The van der Waals surface area contributed by atoms with Crippen LogP contribution in [0, 0.1) is 0 Å². The monoisotopic (exact) mass is 722 g/mol. The molecule has 6 nitrogen and oxygen atoms in total. The predicted molar refractivity (Wildman–Crippen MR) is 225 cm³/mol. The molecule has 0 saturated heterocycles. The Bertz CT molecular complexity index is 3010. The van der Waals surface area contributed by atoms with Gasteiger partial charge in [-0.05, 0) is 61.6 Å². The normalized spacial score (nSPS) is 13.9. The van der Waals surface area contributed by atoms with Gasteiger partial charge >= 0.3 is 0 Å². The van der Waals surface area contributed by atoms with Crippen molar-refractivity contribution in [1.29, 1.82) is 0 Å². The Labute approximate surface area is 323 Å². The van der Waals surface area contributed by atoms with Gasteiger partial charge in [-0.3, -0.25) is 0 Å². The number of aromatic nitrogens is 4. The van der Waals surface area contributed by atoms with Crippen molar-refractivity contribution in [2.75, 3.05) is 0 Å². The molecule has 0 radical (unpaired) electrons. The van der Waals surface area contributed by atoms with Crippen LogP contribution in [0.15, 0.2) is 167 Å². The number of aryl methyl sites for hydroxylation is 1. The molecular formula is C50H34N4O2. The molecule has 0 saturated carbocycles. The average Bonchev–Trinajstić information content (AvgIpc) is 3.86. The minimum absolute atomic E-state index is 0.662. The summed E-state index contributed by atoms with van der Waals surface area (Å²) in [5.41, 5.74) is 12.8. The van der Waals surface area contributed by atoms with Gasteiger partial charge in [0.05, 0.1) is 22.8 Å². The first-order valence-electron chi connectivity index (χ1n) is 19.2. The van der Waals surface area contributed by atoms with Gasteiger partial charge < -0.3 is 8.83 Å². The van der Waals surface area contributed by atoms with E-state index >= 15 is 0 Å². The molecule has 4 heterocycles. The summed E-state index contributed by atoms with van der Waals surface area (Å²) >= 11 is 0. The number of nitrogens with zero attached hydrogens (tertiary/aromatic N) is 4. The molecule has 4 aromatic heterocycles. The lowest BCUT2D eigenvalue weighted by molar-refractivity contribution is 0.580. The second-order valence-electron chi connectivity index (χ2n) is 14.3. The van der Waals surface area contributed by atoms with E-state index in [0.29, 0.717) is 11.6 Å². The van der Waals surface area contributed by atoms with Crippen molar-refractivity contribution in [3.63, 3.8) is 0 Å². The molecule has 6 heteroatoms. The average molecular weight is 723 g/mol. The first-order chi connectivity index (χ1) is 27.7. The van der Waals surface area contributed by atoms with Crippen LogP contribution in [0.4, 0.5) is 0 Å². The molecular weight excluding hydrogens is 689 g/mol. The lowest BCUT2D eigenvalue weighted by atomic mass is 9.92. The molecule has 0 unspecified atom stereocenters. The van der Waals surface area contributed by atoms with E-state index in [9.17, 15) is 0 Å². The number of allylic oxidation sites excluding steroid dienone is 5. The van der Waals surface area contributed by atoms with Crippen LogP contribution in [-0.2, 0) is 6.42 Å². The Morgan fingerprint density at radius 1 is 0.446 bits per heavy atom. The number of hydrogen-bond acceptors (Lipinski definition) is 6. The smallest absolute Gasteiger partial charge is 0.178 e. The van der Waals surface area contributed by atoms with Crippen molar-refractivity contribution in [3.05, 3.63) is 180 Å². The quantitative estimate of drug-likeness (QED) is 0.170. The molecule has 0 fully saturated rings. The predicted octanol–water partition coefficient (Wildman–Crippen LogP) is 12.7. The van der Waals surface area contributed by atoms with E-state index in [-0.39, 0.29) is 0 Å². The van der Waals surface area contributed by atoms with Gasteiger partial charge in [-0.15, -0.1) is 0 Å². The highest BCUT2D eigenvalue weighted by molar-refractivity contribution is 6.16. The molecule has 266 valence electrons. The maximum atomic E-state index is 6.95. The van der Waals surface area contributed by atoms with Crippen molar-refractivity contribution in [1.82, 2.24) is 19.9 Å². The van der Waals surface area contributed by atoms with E-state index in [2.05, 4.69) is 91.0 Å². The van der Waals surface area contributed by atoms with Crippen molar-refractivity contribution in [3.8, 4) is 45.3 Å². The topological polar surface area (TPSA) is 77.8 Å². The fourth-order valence-electron chi connectivity index (χ4n) is 8.12. The van der Waals surface area contributed by atoms with E-state index < -0.39 is 0 Å². The number of furan rings is 2. The van der Waals surface area contributed by atoms with Crippen molar-refractivity contribution < 1.29 is 8.83 Å². The van der Waals surface area contributed by atoms with E-state index in [1.54, 1.807) is 0 Å². The summed E-state index contributed by atoms with van der Waals surface area (Å²) in [6.45, 7) is 0. The number of hydrogen-bond donors (Lipinski definition) is 0. The SMILES string of the molecule is C1=CC(c2cc(C3=CCCc4c3oc3c4ccc4c5cccc(-c6cc(-c7ccccc7)nc(-c7ccccc7)n6)c5oc43)nc(-c3ccccc3)n2)=CCC1. The molecule has 0 N–H and O–H groups in total. The van der Waals surface area contributed by atoms with Crippen LogP contribution in [0.5, 0.6) is 0 Å². The summed E-state index contributed by atoms with van der Waals surface area (Å²) in [6.07, 6.45) is 12.7. The van der Waals surface area contributed by atoms with E-state index in [0.717, 1.165) is 121 Å². The van der Waals surface area contributed by atoms with Gasteiger partial charge in [-0.2, -0.15) is 0 Å². The lowest BCUT2D eigenvalue weighted by Crippen LogP contribution is -2.04. The summed E-state index contributed by atoms with van der Waals surface area (Å²) in [4.78, 5) is 20.4. The first kappa shape index (κ1) is 32.3. The molecule has 0 aliphatic heterocycles. The van der Waals surface area contributed by atoms with Crippen LogP contribution >= 0.6 is 0 Å². The zero-order chi connectivity index (χ0) is 37.0. The molecule has 0 spiro atoms. The van der Waals surface area contributed by atoms with E-state index in [1.165, 1.54) is 5.56 Å². The molecule has 0 atom stereocenters. The highest BCUT2D eigenvalue weighted by Gasteiger charge is 2.27. The molecule has 2 aliphatic carbocycles. The maximum Gasteiger partial charge on any atom is 0.178 e. The van der Waals surface area contributed by atoms with Crippen LogP contribution in [0.3, 0.4) is 0 Å². The Morgan fingerprint density at radius 3 is 1.80 bits per heavy atom. The van der Waals surface area contributed by atoms with Gasteiger partial charge in [-0.1, -0.05) is 127 Å². The van der Waals surface area contributed by atoms with Crippen LogP contribution in [0.2, 0.25) is 0 Å². The molecule has 9 aromatic rings. The second kappa shape index (κ2) is 13.3. The van der Waals surface area contributed by atoms with Crippen LogP contribution in [0.25, 0.3) is 89.3 Å². The Kier molecular flexibility index (Phi) is 7.66. The van der Waals surface area contributed by atoms with Gasteiger partial charge in [0.1, 0.15) is 11.3 Å². The fourth-order valence-corrected chi connectivity index (χ4v) is 8.12. The highest BCUT2D eigenvalue weighted by Crippen LogP contribution is 2.44. The van der Waals surface area contributed by atoms with Gasteiger partial charge in [0.2, 0.25) is 0 Å². The minimum atomic E-state index is 0.662. The molecule has 56 heavy (non-hydrogen) atoms. The Hall–Kier alpha value is -7.18. The van der Waals surface area contributed by atoms with Crippen molar-refractivity contribution >= 4 is 44.1 Å². The first-order valence-corrected chi connectivity index (χ1v) is 19.2. The van der Waals surface area contributed by atoms with Gasteiger partial charge in [0, 0.05) is 49.5 Å². The minimum Gasteiger partial charge on any atom is -0.452 e. The summed E-state index contributed by atoms with van der Waals surface area (Å²) in [5.74, 6) is 2.20. The maximum absolute atomic E-state index is 6.95. The standard InChI is InChI=1S/C50H34N4O2/c1-5-15-31(16-6-1)41-29-43(53-49(51-41)33-19-9-3-10-20-33)39-25-13-23-35-37-27-28-38-36-24-14-26-40(46(36)56-48(38)47(37)55-45(35)39)44-30-42(32-17-7-2-8-18-32)52-50(54-44)34-21-11-4-12-22-34/h1,3-7,9-13,15-23,25-30H,2,8,14,24H2. The largest absolute Gasteiger partial charge is 0.452 e. The number of rotatable bonds is 6. The summed E-state index contributed by atoms with van der Waals surface area (Å²) < 4.78 is 13.9. The summed E-state index contributed by atoms with van der Waals surface area (Å²) in [6, 6.07) is 45.4. The Morgan fingerprint density at radius 2 is 1.07 bits per heavy atom. The van der Waals surface area contributed by atoms with Crippen molar-refractivity contribution in [2.24, 2.45) is 0 Å². The number of benzene rings is 5. The lowest BCUT2D eigenvalue weighted by Gasteiger charge is -2.15. The summed E-state index contributed by atoms with van der Waals surface area (Å²) in [5, 5.41) is 3.07. The van der Waals surface area contributed by atoms with Crippen molar-refractivity contribution in [2.45, 2.75) is 25.7 Å². The van der Waals surface area contributed by atoms with Crippen LogP contribution in [-0.4, -0.2) is 19.9 Å². The third-order valence-corrected chi connectivity index (χ3v) is 10.8. The summed E-state index contributed by atoms with van der Waals surface area (Å²) in [7, 11) is 0. The molecule has 2 aliphatic rings. The number of fused-ring (bicyclic) bond motifs is 7. The highest BCUT2D eigenvalue weighted by atomic mass is 16.4. The Balaban J connectivity index is 1.07. The fraction of sp³-hybridized carbons (Fsp3) is 0.0800. The van der Waals surface area contributed by atoms with Gasteiger partial charge in [-0.25, -0.2) is 19.9 Å². The molecule has 0 bridgehead atoms. The number of para-hydroxylation sites is 1. The second-order valence-corrected chi connectivity index (χ2v) is 14.3. The zero-order valence-electron chi connectivity index (χ0n) is 30.4. The zero-order valence-corrected chi connectivity index (χ0v) is 30.4. The molecule has 5 aromatic carbocycles. The van der Waals surface area contributed by atoms with E-state index in [4.69, 9.17) is 28.8 Å². The third kappa shape index (κ3) is 5.49. The third-order valence-electron chi connectivity index (χ3n) is 10.8. The van der Waals surface area contributed by atoms with Gasteiger partial charge in [0.25, 0.3) is 0 Å². The van der Waals surface area contributed by atoms with Crippen LogP contribution < -0.4 is 0 Å². The molecule has 11 rings (SSSR count).